The van der Waals surface area contributed by atoms with E-state index in [1.54, 1.807) is 6.92 Å². The summed E-state index contributed by atoms with van der Waals surface area (Å²) in [6.07, 6.45) is 10.8. The standard InChI is InChI=1S/C41H64O6/c1-23-20-40(11)28(29-21-36(6,7)18-19-41(23,29)35(44)45)12-13-31-37(8)16-15-32(38(9,22-42)30(37)14-17-39(31,40)10)46-34-26(4)24(2)25(3)33(47-34)27(5)43/h12,22-26,29-34H,13-21H2,1-11H3,(H,44,45)/t23?,24-,25+,26?,29?,30-,31?,32+,33?,34-,37?,38-,39+,40-,41+/m1/s1. The Morgan fingerprint density at radius 2 is 1.57 bits per heavy atom. The number of carboxylic acids is 1. The van der Waals surface area contributed by atoms with E-state index in [0.717, 1.165) is 57.8 Å². The second-order valence-corrected chi connectivity index (χ2v) is 19.4. The fraction of sp³-hybridized carbons (Fsp3) is 0.878. The van der Waals surface area contributed by atoms with Crippen LogP contribution in [0.1, 0.15) is 134 Å². The minimum Gasteiger partial charge on any atom is -0.481 e. The van der Waals surface area contributed by atoms with Crippen LogP contribution in [0.5, 0.6) is 0 Å². The zero-order valence-corrected chi connectivity index (χ0v) is 31.3. The molecule has 0 aromatic rings. The summed E-state index contributed by atoms with van der Waals surface area (Å²) >= 11 is 0. The van der Waals surface area contributed by atoms with Gasteiger partial charge in [-0.25, -0.2) is 0 Å². The fourth-order valence-corrected chi connectivity index (χ4v) is 13.5. The molecule has 6 nitrogen and oxygen atoms in total. The number of aldehydes is 1. The van der Waals surface area contributed by atoms with E-state index in [-0.39, 0.29) is 69.1 Å². The van der Waals surface area contributed by atoms with Gasteiger partial charge in [0, 0.05) is 5.92 Å². The Bertz CT molecular complexity index is 1330. The number of carbonyl (C=O) groups is 3. The average Bonchev–Trinajstić information content (AvgIpc) is 2.98. The Balaban J connectivity index is 1.33. The van der Waals surface area contributed by atoms with Crippen molar-refractivity contribution in [2.75, 3.05) is 0 Å². The third-order valence-corrected chi connectivity index (χ3v) is 16.9. The van der Waals surface area contributed by atoms with Crippen molar-refractivity contribution < 1.29 is 29.0 Å². The number of hydrogen-bond donors (Lipinski definition) is 1. The van der Waals surface area contributed by atoms with Crippen LogP contribution in [0.4, 0.5) is 0 Å². The lowest BCUT2D eigenvalue weighted by Gasteiger charge is -2.71. The summed E-state index contributed by atoms with van der Waals surface area (Å²) in [6, 6.07) is 0. The minimum atomic E-state index is -0.675. The molecular weight excluding hydrogens is 588 g/mol. The molecule has 6 unspecified atom stereocenters. The normalized spacial score (nSPS) is 53.7. The van der Waals surface area contributed by atoms with Gasteiger partial charge in [-0.05, 0) is 122 Å². The number of rotatable bonds is 5. The van der Waals surface area contributed by atoms with Gasteiger partial charge in [-0.15, -0.1) is 0 Å². The Labute approximate surface area is 284 Å². The first-order valence-corrected chi connectivity index (χ1v) is 18.9. The SMILES string of the molecule is CC(=O)C1O[C@@H](O[C@H]2CCC3(C)C4CC=C5C6CC(C)(C)CC[C@]6(C(=O)O)C(C)C[C@@]5(C)[C@@]4(C)CC[C@H]3[C@@]2(C)C=O)C(C)[C@H](C)[C@@H]1C. The van der Waals surface area contributed by atoms with Crippen LogP contribution < -0.4 is 0 Å². The van der Waals surface area contributed by atoms with Crippen LogP contribution in [-0.2, 0) is 23.9 Å². The molecule has 1 N–H and O–H groups in total. The van der Waals surface area contributed by atoms with E-state index in [0.29, 0.717) is 5.92 Å². The van der Waals surface area contributed by atoms with Gasteiger partial charge in [-0.3, -0.25) is 9.59 Å². The van der Waals surface area contributed by atoms with Gasteiger partial charge in [0.15, 0.2) is 12.1 Å². The van der Waals surface area contributed by atoms with E-state index in [4.69, 9.17) is 9.47 Å². The highest BCUT2D eigenvalue weighted by atomic mass is 16.7. The third kappa shape index (κ3) is 4.71. The van der Waals surface area contributed by atoms with E-state index >= 15 is 0 Å². The van der Waals surface area contributed by atoms with Crippen molar-refractivity contribution in [1.82, 2.24) is 0 Å². The largest absolute Gasteiger partial charge is 0.481 e. The first kappa shape index (κ1) is 35.3. The van der Waals surface area contributed by atoms with Crippen LogP contribution >= 0.6 is 0 Å². The van der Waals surface area contributed by atoms with Crippen molar-refractivity contribution in [2.24, 2.45) is 73.9 Å². The molecular formula is C41H64O6. The summed E-state index contributed by atoms with van der Waals surface area (Å²) in [6.45, 7) is 24.6. The van der Waals surface area contributed by atoms with E-state index in [9.17, 15) is 19.5 Å². The number of aliphatic carboxylic acids is 1. The molecule has 0 bridgehead atoms. The van der Waals surface area contributed by atoms with Gasteiger partial charge >= 0.3 is 5.97 Å². The van der Waals surface area contributed by atoms with Crippen molar-refractivity contribution in [3.8, 4) is 0 Å². The Hall–Kier alpha value is -1.53. The first-order chi connectivity index (χ1) is 21.7. The van der Waals surface area contributed by atoms with E-state index in [1.807, 2.05) is 0 Å². The molecule has 1 aliphatic heterocycles. The van der Waals surface area contributed by atoms with Crippen molar-refractivity contribution >= 4 is 18.0 Å². The summed E-state index contributed by atoms with van der Waals surface area (Å²) in [5.41, 5.74) is 0.124. The third-order valence-electron chi connectivity index (χ3n) is 16.9. The van der Waals surface area contributed by atoms with Crippen molar-refractivity contribution in [1.29, 1.82) is 0 Å². The number of ether oxygens (including phenoxy) is 2. The molecule has 6 heteroatoms. The maximum Gasteiger partial charge on any atom is 0.310 e. The second kappa shape index (κ2) is 11.2. The van der Waals surface area contributed by atoms with Crippen LogP contribution in [0, 0.1) is 73.9 Å². The molecule has 0 aromatic heterocycles. The van der Waals surface area contributed by atoms with Crippen LogP contribution in [0.3, 0.4) is 0 Å². The number of allylic oxidation sites excluding steroid dienone is 2. The molecule has 4 saturated carbocycles. The molecule has 0 spiro atoms. The molecule has 0 radical (unpaired) electrons. The molecule has 5 fully saturated rings. The van der Waals surface area contributed by atoms with Crippen molar-refractivity contribution in [2.45, 2.75) is 152 Å². The number of Topliss-reactive ketones (excluding diaryl/α,β-unsaturated/α-hetero) is 1. The van der Waals surface area contributed by atoms with Crippen molar-refractivity contribution in [3.05, 3.63) is 11.6 Å². The molecule has 47 heavy (non-hydrogen) atoms. The van der Waals surface area contributed by atoms with E-state index in [1.165, 1.54) is 11.9 Å². The average molecular weight is 653 g/mol. The van der Waals surface area contributed by atoms with Crippen LogP contribution in [-0.4, -0.2) is 41.6 Å². The molecule has 264 valence electrons. The van der Waals surface area contributed by atoms with Gasteiger partial charge in [0.2, 0.25) is 0 Å². The smallest absolute Gasteiger partial charge is 0.310 e. The number of carboxylic acid groups (broad SMARTS) is 1. The topological polar surface area (TPSA) is 89.9 Å². The van der Waals surface area contributed by atoms with Crippen LogP contribution in [0.15, 0.2) is 11.6 Å². The fourth-order valence-electron chi connectivity index (χ4n) is 13.5. The lowest BCUT2D eigenvalue weighted by Crippen LogP contribution is -2.67. The Kier molecular flexibility index (Phi) is 8.44. The highest BCUT2D eigenvalue weighted by Gasteiger charge is 2.71. The van der Waals surface area contributed by atoms with Gasteiger partial charge in [0.25, 0.3) is 0 Å². The zero-order chi connectivity index (χ0) is 34.7. The van der Waals surface area contributed by atoms with Crippen LogP contribution in [0.2, 0.25) is 0 Å². The molecule has 1 saturated heterocycles. The Morgan fingerprint density at radius 3 is 2.19 bits per heavy atom. The predicted octanol–water partition coefficient (Wildman–Crippen LogP) is 8.91. The van der Waals surface area contributed by atoms with Gasteiger partial charge in [-0.2, -0.15) is 0 Å². The van der Waals surface area contributed by atoms with Gasteiger partial charge < -0.3 is 19.4 Å². The monoisotopic (exact) mass is 652 g/mol. The number of fused-ring (bicyclic) bond motifs is 7. The molecule has 5 aliphatic carbocycles. The lowest BCUT2D eigenvalue weighted by molar-refractivity contribution is -0.289. The maximum absolute atomic E-state index is 13.4. The molecule has 6 rings (SSSR count). The first-order valence-electron chi connectivity index (χ1n) is 18.9. The van der Waals surface area contributed by atoms with Gasteiger partial charge in [0.1, 0.15) is 12.4 Å². The molecule has 0 amide bonds. The number of carbonyl (C=O) groups excluding carboxylic acids is 2. The van der Waals surface area contributed by atoms with E-state index in [2.05, 4.69) is 75.3 Å². The summed E-state index contributed by atoms with van der Waals surface area (Å²) in [5, 5.41) is 10.8. The summed E-state index contributed by atoms with van der Waals surface area (Å²) in [4.78, 5) is 39.1. The second-order valence-electron chi connectivity index (χ2n) is 19.4. The molecule has 1 heterocycles. The zero-order valence-electron chi connectivity index (χ0n) is 31.3. The highest BCUT2D eigenvalue weighted by Crippen LogP contribution is 2.76. The minimum absolute atomic E-state index is 0.0155. The van der Waals surface area contributed by atoms with Gasteiger partial charge in [0.05, 0.1) is 16.9 Å². The summed E-state index contributed by atoms with van der Waals surface area (Å²) < 4.78 is 13.2. The van der Waals surface area contributed by atoms with Gasteiger partial charge in [-0.1, -0.05) is 80.9 Å². The number of ketones is 1. The molecule has 0 aromatic carbocycles. The number of hydrogen-bond acceptors (Lipinski definition) is 5. The Morgan fingerprint density at radius 1 is 0.894 bits per heavy atom. The predicted molar refractivity (Wildman–Crippen MR) is 183 cm³/mol. The summed E-state index contributed by atoms with van der Waals surface area (Å²) in [7, 11) is 0. The highest BCUT2D eigenvalue weighted by molar-refractivity contribution is 5.81. The van der Waals surface area contributed by atoms with E-state index < -0.39 is 29.2 Å². The lowest BCUT2D eigenvalue weighted by atomic mass is 9.32. The van der Waals surface area contributed by atoms with Crippen molar-refractivity contribution in [3.63, 3.8) is 0 Å². The summed E-state index contributed by atoms with van der Waals surface area (Å²) in [5.74, 6) is 0.722. The maximum atomic E-state index is 13.4. The molecule has 15 atom stereocenters. The quantitative estimate of drug-likeness (QED) is 0.181. The van der Waals surface area contributed by atoms with Crippen LogP contribution in [0.25, 0.3) is 0 Å². The molecule has 6 aliphatic rings.